The number of hydrogen-bond donors (Lipinski definition) is 2. The fraction of sp³-hybridized carbons (Fsp3) is 0.500. The van der Waals surface area contributed by atoms with E-state index in [-0.39, 0.29) is 18.6 Å². The lowest BCUT2D eigenvalue weighted by atomic mass is 10.1. The van der Waals surface area contributed by atoms with Crippen LogP contribution >= 0.6 is 0 Å². The zero-order valence-electron chi connectivity index (χ0n) is 11.5. The minimum atomic E-state index is -0.0890. The lowest BCUT2D eigenvalue weighted by Crippen LogP contribution is -2.38. The monoisotopic (exact) mass is 250 g/mol. The summed E-state index contributed by atoms with van der Waals surface area (Å²) in [5, 5.41) is 5.92. The third kappa shape index (κ3) is 4.65. The molecule has 4 heteroatoms. The molecule has 1 unspecified atom stereocenters. The molecule has 0 heterocycles. The topological polar surface area (TPSA) is 50.4 Å². The molecule has 100 valence electrons. The van der Waals surface area contributed by atoms with Crippen molar-refractivity contribution in [1.82, 2.24) is 5.32 Å². The van der Waals surface area contributed by atoms with Gasteiger partial charge in [-0.3, -0.25) is 4.79 Å². The molecule has 0 aliphatic heterocycles. The van der Waals surface area contributed by atoms with E-state index in [9.17, 15) is 4.79 Å². The third-order valence-electron chi connectivity index (χ3n) is 2.90. The number of carbonyl (C=O) groups excluding carboxylic acids is 1. The number of benzene rings is 1. The summed E-state index contributed by atoms with van der Waals surface area (Å²) in [6.45, 7) is 6.19. The standard InChI is InChI=1S/C14H22N2O2/c1-10(2)11(3)16-14(17)9-18-13-7-5-12(15-4)6-8-13/h5-8,10-11,15H,9H2,1-4H3,(H,16,17). The smallest absolute Gasteiger partial charge is 0.258 e. The minimum absolute atomic E-state index is 0.0515. The van der Waals surface area contributed by atoms with E-state index in [0.717, 1.165) is 5.69 Å². The van der Waals surface area contributed by atoms with Crippen LogP contribution in [0.5, 0.6) is 5.75 Å². The maximum absolute atomic E-state index is 11.6. The molecule has 0 saturated heterocycles. The van der Waals surface area contributed by atoms with Crippen LogP contribution < -0.4 is 15.4 Å². The van der Waals surface area contributed by atoms with Crippen LogP contribution in [0.15, 0.2) is 24.3 Å². The summed E-state index contributed by atoms with van der Waals surface area (Å²) in [7, 11) is 1.86. The van der Waals surface area contributed by atoms with Gasteiger partial charge in [0, 0.05) is 18.8 Å². The van der Waals surface area contributed by atoms with Crippen molar-refractivity contribution in [3.05, 3.63) is 24.3 Å². The molecule has 4 nitrogen and oxygen atoms in total. The zero-order valence-corrected chi connectivity index (χ0v) is 11.5. The molecule has 1 aromatic carbocycles. The first-order chi connectivity index (χ1) is 8.52. The van der Waals surface area contributed by atoms with Crippen molar-refractivity contribution in [3.63, 3.8) is 0 Å². The predicted molar refractivity (Wildman–Crippen MR) is 73.9 cm³/mol. The molecule has 1 rings (SSSR count). The number of nitrogens with one attached hydrogen (secondary N) is 2. The Morgan fingerprint density at radius 3 is 2.33 bits per heavy atom. The summed E-state index contributed by atoms with van der Waals surface area (Å²) >= 11 is 0. The Bertz CT molecular complexity index is 374. The van der Waals surface area contributed by atoms with Gasteiger partial charge in [-0.1, -0.05) is 13.8 Å². The number of rotatable bonds is 6. The van der Waals surface area contributed by atoms with Crippen molar-refractivity contribution in [3.8, 4) is 5.75 Å². The summed E-state index contributed by atoms with van der Waals surface area (Å²) in [6.07, 6.45) is 0. The molecule has 1 aromatic rings. The van der Waals surface area contributed by atoms with Crippen LogP contribution in [0, 0.1) is 5.92 Å². The molecule has 0 aliphatic rings. The van der Waals surface area contributed by atoms with Crippen molar-refractivity contribution in [1.29, 1.82) is 0 Å². The second-order valence-electron chi connectivity index (χ2n) is 4.66. The SMILES string of the molecule is CNc1ccc(OCC(=O)NC(C)C(C)C)cc1. The summed E-state index contributed by atoms with van der Waals surface area (Å²) in [4.78, 5) is 11.6. The average Bonchev–Trinajstić information content (AvgIpc) is 2.36. The Hall–Kier alpha value is -1.71. The largest absolute Gasteiger partial charge is 0.484 e. The van der Waals surface area contributed by atoms with Gasteiger partial charge in [-0.05, 0) is 37.1 Å². The van der Waals surface area contributed by atoms with Crippen LogP contribution in [-0.2, 0) is 4.79 Å². The zero-order chi connectivity index (χ0) is 13.5. The highest BCUT2D eigenvalue weighted by molar-refractivity contribution is 5.77. The lowest BCUT2D eigenvalue weighted by molar-refractivity contribution is -0.124. The van der Waals surface area contributed by atoms with Crippen molar-refractivity contribution in [2.24, 2.45) is 5.92 Å². The highest BCUT2D eigenvalue weighted by atomic mass is 16.5. The maximum atomic E-state index is 11.6. The number of amides is 1. The first-order valence-corrected chi connectivity index (χ1v) is 6.23. The minimum Gasteiger partial charge on any atom is -0.484 e. The van der Waals surface area contributed by atoms with Gasteiger partial charge in [0.05, 0.1) is 0 Å². The molecular formula is C14H22N2O2. The van der Waals surface area contributed by atoms with E-state index >= 15 is 0 Å². The van der Waals surface area contributed by atoms with Crippen LogP contribution in [0.2, 0.25) is 0 Å². The maximum Gasteiger partial charge on any atom is 0.258 e. The van der Waals surface area contributed by atoms with Crippen molar-refractivity contribution >= 4 is 11.6 Å². The van der Waals surface area contributed by atoms with Gasteiger partial charge in [-0.25, -0.2) is 0 Å². The Morgan fingerprint density at radius 1 is 1.22 bits per heavy atom. The van der Waals surface area contributed by atoms with Gasteiger partial charge in [-0.2, -0.15) is 0 Å². The van der Waals surface area contributed by atoms with Crippen molar-refractivity contribution in [2.75, 3.05) is 19.0 Å². The molecule has 0 bridgehead atoms. The van der Waals surface area contributed by atoms with Crippen LogP contribution in [-0.4, -0.2) is 25.6 Å². The van der Waals surface area contributed by atoms with Crippen LogP contribution in [0.25, 0.3) is 0 Å². The van der Waals surface area contributed by atoms with E-state index in [0.29, 0.717) is 11.7 Å². The summed E-state index contributed by atoms with van der Waals surface area (Å²) in [5.74, 6) is 1.03. The van der Waals surface area contributed by atoms with Crippen molar-refractivity contribution in [2.45, 2.75) is 26.8 Å². The Kier molecular flexibility index (Phi) is 5.49. The number of carbonyl (C=O) groups is 1. The van der Waals surface area contributed by atoms with Gasteiger partial charge in [0.25, 0.3) is 5.91 Å². The number of ether oxygens (including phenoxy) is 1. The van der Waals surface area contributed by atoms with Crippen molar-refractivity contribution < 1.29 is 9.53 Å². The fourth-order valence-electron chi connectivity index (χ4n) is 1.33. The summed E-state index contributed by atoms with van der Waals surface area (Å²) in [5.41, 5.74) is 1.01. The highest BCUT2D eigenvalue weighted by Gasteiger charge is 2.10. The average molecular weight is 250 g/mol. The molecule has 0 radical (unpaired) electrons. The molecule has 0 aromatic heterocycles. The molecule has 0 aliphatic carbocycles. The van der Waals surface area contributed by atoms with Gasteiger partial charge in [0.15, 0.2) is 6.61 Å². The van der Waals surface area contributed by atoms with Crippen LogP contribution in [0.4, 0.5) is 5.69 Å². The second kappa shape index (κ2) is 6.89. The van der Waals surface area contributed by atoms with E-state index in [4.69, 9.17) is 4.74 Å². The molecule has 0 fully saturated rings. The summed E-state index contributed by atoms with van der Waals surface area (Å²) < 4.78 is 5.41. The van der Waals surface area contributed by atoms with E-state index in [1.807, 2.05) is 38.2 Å². The van der Waals surface area contributed by atoms with Gasteiger partial charge in [-0.15, -0.1) is 0 Å². The first kappa shape index (κ1) is 14.4. The summed E-state index contributed by atoms with van der Waals surface area (Å²) in [6, 6.07) is 7.65. The molecule has 18 heavy (non-hydrogen) atoms. The quantitative estimate of drug-likeness (QED) is 0.814. The van der Waals surface area contributed by atoms with E-state index in [1.165, 1.54) is 0 Å². The van der Waals surface area contributed by atoms with Gasteiger partial charge in [0.2, 0.25) is 0 Å². The molecule has 0 spiro atoms. The molecular weight excluding hydrogens is 228 g/mol. The highest BCUT2D eigenvalue weighted by Crippen LogP contribution is 2.14. The molecule has 2 N–H and O–H groups in total. The second-order valence-corrected chi connectivity index (χ2v) is 4.66. The number of anilines is 1. The number of hydrogen-bond acceptors (Lipinski definition) is 3. The van der Waals surface area contributed by atoms with Gasteiger partial charge >= 0.3 is 0 Å². The van der Waals surface area contributed by atoms with E-state index in [1.54, 1.807) is 0 Å². The molecule has 1 atom stereocenters. The Labute approximate surface area is 109 Å². The first-order valence-electron chi connectivity index (χ1n) is 6.23. The Morgan fingerprint density at radius 2 is 1.83 bits per heavy atom. The predicted octanol–water partition coefficient (Wildman–Crippen LogP) is 2.27. The fourth-order valence-corrected chi connectivity index (χ4v) is 1.33. The normalized spacial score (nSPS) is 12.1. The molecule has 1 amide bonds. The van der Waals surface area contributed by atoms with Crippen LogP contribution in [0.3, 0.4) is 0 Å². The molecule has 0 saturated carbocycles. The Balaban J connectivity index is 2.37. The van der Waals surface area contributed by atoms with Gasteiger partial charge in [0.1, 0.15) is 5.75 Å². The van der Waals surface area contributed by atoms with Gasteiger partial charge < -0.3 is 15.4 Å². The lowest BCUT2D eigenvalue weighted by Gasteiger charge is -2.17. The van der Waals surface area contributed by atoms with Crippen LogP contribution in [0.1, 0.15) is 20.8 Å². The third-order valence-corrected chi connectivity index (χ3v) is 2.90. The van der Waals surface area contributed by atoms with E-state index < -0.39 is 0 Å². The van der Waals surface area contributed by atoms with E-state index in [2.05, 4.69) is 24.5 Å².